The number of rotatable bonds is 8. The highest BCUT2D eigenvalue weighted by molar-refractivity contribution is 5.77. The molecule has 0 nitrogen and oxygen atoms in total. The van der Waals surface area contributed by atoms with Crippen LogP contribution in [0.1, 0.15) is 92.9 Å². The summed E-state index contributed by atoms with van der Waals surface area (Å²) in [5.41, 5.74) is 12.3. The third-order valence-corrected chi connectivity index (χ3v) is 8.83. The van der Waals surface area contributed by atoms with Crippen LogP contribution in [-0.4, -0.2) is 0 Å². The largest absolute Gasteiger partial charge is 0.0769 e. The number of hydrogen-bond acceptors (Lipinski definition) is 0. The monoisotopic (exact) mass is 460 g/mol. The van der Waals surface area contributed by atoms with Gasteiger partial charge in [0.1, 0.15) is 0 Å². The topological polar surface area (TPSA) is 0 Å². The first kappa shape index (κ1) is 22.8. The molecular weight excluding hydrogens is 420 g/mol. The molecule has 6 rings (SSSR count). The second-order valence-electron chi connectivity index (χ2n) is 11.7. The van der Waals surface area contributed by atoms with Gasteiger partial charge in [-0.1, -0.05) is 104 Å². The first-order chi connectivity index (χ1) is 17.2. The highest BCUT2D eigenvalue weighted by Crippen LogP contribution is 2.42. The molecule has 180 valence electrons. The molecule has 2 aromatic rings. The van der Waals surface area contributed by atoms with Crippen LogP contribution < -0.4 is 0 Å². The fourth-order valence-corrected chi connectivity index (χ4v) is 6.46. The molecule has 0 amide bonds. The molecule has 0 spiro atoms. The Balaban J connectivity index is 1.18. The Morgan fingerprint density at radius 2 is 1.49 bits per heavy atom. The average Bonchev–Trinajstić information content (AvgIpc) is 3.44. The molecule has 0 bridgehead atoms. The lowest BCUT2D eigenvalue weighted by atomic mass is 9.78. The average molecular weight is 461 g/mol. The maximum atomic E-state index is 2.57. The van der Waals surface area contributed by atoms with Crippen LogP contribution >= 0.6 is 0 Å². The molecule has 35 heavy (non-hydrogen) atoms. The van der Waals surface area contributed by atoms with Crippen molar-refractivity contribution < 1.29 is 0 Å². The van der Waals surface area contributed by atoms with Crippen LogP contribution in [0.15, 0.2) is 89.6 Å². The highest BCUT2D eigenvalue weighted by Gasteiger charge is 2.27. The van der Waals surface area contributed by atoms with Crippen LogP contribution in [0, 0.1) is 11.8 Å². The number of benzene rings is 2. The Hall–Kier alpha value is -2.60. The zero-order valence-electron chi connectivity index (χ0n) is 21.4. The minimum Gasteiger partial charge on any atom is -0.0769 e. The lowest BCUT2D eigenvalue weighted by Gasteiger charge is -2.27. The minimum atomic E-state index is 0.761. The Labute approximate surface area is 212 Å². The summed E-state index contributed by atoms with van der Waals surface area (Å²) in [4.78, 5) is 0. The van der Waals surface area contributed by atoms with Gasteiger partial charge in [-0.05, 0) is 109 Å². The molecule has 0 unspecified atom stereocenters. The van der Waals surface area contributed by atoms with E-state index in [0.29, 0.717) is 0 Å². The Morgan fingerprint density at radius 1 is 0.714 bits per heavy atom. The number of aryl methyl sites for hydroxylation is 1. The Kier molecular flexibility index (Phi) is 6.64. The summed E-state index contributed by atoms with van der Waals surface area (Å²) in [6.07, 6.45) is 24.0. The summed E-state index contributed by atoms with van der Waals surface area (Å²) in [7, 11) is 0. The number of allylic oxidation sites excluding steroid dienone is 8. The molecule has 0 atom stereocenters. The van der Waals surface area contributed by atoms with Crippen molar-refractivity contribution in [1.29, 1.82) is 0 Å². The van der Waals surface area contributed by atoms with Crippen molar-refractivity contribution in [2.45, 2.75) is 83.5 Å². The third kappa shape index (κ3) is 5.64. The van der Waals surface area contributed by atoms with E-state index in [0.717, 1.165) is 37.0 Å². The molecule has 0 N–H and O–H groups in total. The molecule has 2 fully saturated rings. The fraction of sp³-hybridized carbons (Fsp3) is 0.429. The van der Waals surface area contributed by atoms with Crippen molar-refractivity contribution in [3.63, 3.8) is 0 Å². The van der Waals surface area contributed by atoms with Gasteiger partial charge in [-0.25, -0.2) is 0 Å². The maximum Gasteiger partial charge on any atom is -0.00286 e. The van der Waals surface area contributed by atoms with Crippen LogP contribution in [0.2, 0.25) is 0 Å². The van der Waals surface area contributed by atoms with Gasteiger partial charge in [0.15, 0.2) is 0 Å². The van der Waals surface area contributed by atoms with Crippen LogP contribution in [-0.2, 0) is 12.8 Å². The van der Waals surface area contributed by atoms with E-state index < -0.39 is 0 Å². The summed E-state index contributed by atoms with van der Waals surface area (Å²) >= 11 is 0. The SMILES string of the molecule is CC1CCC(c2cc(CCC3=CC(c4ccccc4)=CC3)cc(CC3=CCC(C4CC4)=C3)c2)CC1. The second-order valence-corrected chi connectivity index (χ2v) is 11.7. The summed E-state index contributed by atoms with van der Waals surface area (Å²) in [6, 6.07) is 18.5. The van der Waals surface area contributed by atoms with Gasteiger partial charge in [-0.2, -0.15) is 0 Å². The molecule has 2 saturated carbocycles. The molecule has 2 aromatic carbocycles. The molecule has 0 aliphatic heterocycles. The van der Waals surface area contributed by atoms with Gasteiger partial charge in [-0.3, -0.25) is 0 Å². The van der Waals surface area contributed by atoms with Gasteiger partial charge >= 0.3 is 0 Å². The number of hydrogen-bond donors (Lipinski definition) is 0. The standard InChI is InChI=1S/C35H40/c1-25-7-13-32(14-8-25)35-23-27(10-9-26-11-15-33(21-26)30-5-3-2-4-6-30)19-29(24-35)20-28-12-16-34(22-28)31-17-18-31/h2-6,12,15,19,21-25,31-32H,7-11,13-14,16-18,20H2,1H3. The summed E-state index contributed by atoms with van der Waals surface area (Å²) in [5, 5.41) is 0. The van der Waals surface area contributed by atoms with E-state index in [9.17, 15) is 0 Å². The van der Waals surface area contributed by atoms with Gasteiger partial charge in [0.25, 0.3) is 0 Å². The quantitative estimate of drug-likeness (QED) is 0.368. The van der Waals surface area contributed by atoms with E-state index in [1.54, 1.807) is 33.4 Å². The Bertz CT molecular complexity index is 1170. The van der Waals surface area contributed by atoms with Gasteiger partial charge < -0.3 is 0 Å². The first-order valence-corrected chi connectivity index (χ1v) is 14.2. The van der Waals surface area contributed by atoms with Gasteiger partial charge in [0.05, 0.1) is 0 Å². The zero-order valence-corrected chi connectivity index (χ0v) is 21.4. The molecule has 4 aliphatic rings. The van der Waals surface area contributed by atoms with Crippen molar-refractivity contribution in [2.75, 3.05) is 0 Å². The molecule has 0 heteroatoms. The minimum absolute atomic E-state index is 0.761. The maximum absolute atomic E-state index is 2.57. The van der Waals surface area contributed by atoms with Gasteiger partial charge in [0.2, 0.25) is 0 Å². The fourth-order valence-electron chi connectivity index (χ4n) is 6.46. The van der Waals surface area contributed by atoms with Crippen LogP contribution in [0.25, 0.3) is 5.57 Å². The zero-order chi connectivity index (χ0) is 23.6. The van der Waals surface area contributed by atoms with E-state index in [4.69, 9.17) is 0 Å². The van der Waals surface area contributed by atoms with Gasteiger partial charge in [-0.15, -0.1) is 0 Å². The van der Waals surface area contributed by atoms with Crippen LogP contribution in [0.3, 0.4) is 0 Å². The van der Waals surface area contributed by atoms with Crippen molar-refractivity contribution in [3.8, 4) is 0 Å². The molecular formula is C35H40. The Morgan fingerprint density at radius 3 is 2.29 bits per heavy atom. The lowest BCUT2D eigenvalue weighted by molar-refractivity contribution is 0.348. The normalized spacial score (nSPS) is 24.1. The summed E-state index contributed by atoms with van der Waals surface area (Å²) in [5.74, 6) is 2.57. The third-order valence-electron chi connectivity index (χ3n) is 8.83. The molecule has 0 aromatic heterocycles. The molecule has 4 aliphatic carbocycles. The van der Waals surface area contributed by atoms with Gasteiger partial charge in [0, 0.05) is 0 Å². The predicted molar refractivity (Wildman–Crippen MR) is 149 cm³/mol. The molecule has 0 radical (unpaired) electrons. The van der Waals surface area contributed by atoms with Crippen molar-refractivity contribution >= 4 is 5.57 Å². The van der Waals surface area contributed by atoms with E-state index in [2.05, 4.69) is 79.8 Å². The van der Waals surface area contributed by atoms with E-state index in [1.165, 1.54) is 62.5 Å². The van der Waals surface area contributed by atoms with E-state index in [-0.39, 0.29) is 0 Å². The van der Waals surface area contributed by atoms with Crippen LogP contribution in [0.5, 0.6) is 0 Å². The van der Waals surface area contributed by atoms with Crippen molar-refractivity contribution in [2.24, 2.45) is 11.8 Å². The predicted octanol–water partition coefficient (Wildman–Crippen LogP) is 9.54. The smallest absolute Gasteiger partial charge is 0.00286 e. The van der Waals surface area contributed by atoms with E-state index in [1.807, 2.05) is 0 Å². The lowest BCUT2D eigenvalue weighted by Crippen LogP contribution is -2.11. The van der Waals surface area contributed by atoms with Crippen molar-refractivity contribution in [1.82, 2.24) is 0 Å². The van der Waals surface area contributed by atoms with Crippen LogP contribution in [0.4, 0.5) is 0 Å². The second kappa shape index (κ2) is 10.2. The van der Waals surface area contributed by atoms with Crippen molar-refractivity contribution in [3.05, 3.63) is 112 Å². The highest BCUT2D eigenvalue weighted by atomic mass is 14.3. The molecule has 0 saturated heterocycles. The summed E-state index contributed by atoms with van der Waals surface area (Å²) in [6.45, 7) is 2.43. The summed E-state index contributed by atoms with van der Waals surface area (Å²) < 4.78 is 0. The first-order valence-electron chi connectivity index (χ1n) is 14.2. The van der Waals surface area contributed by atoms with E-state index >= 15 is 0 Å². The molecule has 0 heterocycles.